The molecule has 17 heavy (non-hydrogen) atoms. The highest BCUT2D eigenvalue weighted by Gasteiger charge is 2.60. The minimum Gasteiger partial charge on any atom is -0.258 e. The van der Waals surface area contributed by atoms with E-state index in [4.69, 9.17) is 0 Å². The molecule has 1 aromatic carbocycles. The van der Waals surface area contributed by atoms with E-state index in [1.165, 1.54) is 12.8 Å². The maximum atomic E-state index is 10.8. The molecule has 3 heteroatoms. The lowest BCUT2D eigenvalue weighted by Gasteiger charge is -2.47. The lowest BCUT2D eigenvalue weighted by atomic mass is 9.56. The van der Waals surface area contributed by atoms with Crippen molar-refractivity contribution in [1.82, 2.24) is 0 Å². The van der Waals surface area contributed by atoms with E-state index in [0.717, 1.165) is 18.4 Å². The Labute approximate surface area is 100 Å². The molecule has 0 aliphatic heterocycles. The summed E-state index contributed by atoms with van der Waals surface area (Å²) in [6.45, 7) is 3.93. The van der Waals surface area contributed by atoms with Crippen molar-refractivity contribution in [2.75, 3.05) is 0 Å². The van der Waals surface area contributed by atoms with Gasteiger partial charge in [-0.1, -0.05) is 18.2 Å². The van der Waals surface area contributed by atoms with Crippen LogP contribution in [0.3, 0.4) is 0 Å². The molecule has 0 saturated heterocycles. The third-order valence-corrected chi connectivity index (χ3v) is 4.36. The molecule has 2 fully saturated rings. The molecule has 0 bridgehead atoms. The predicted molar refractivity (Wildman–Crippen MR) is 65.9 cm³/mol. The maximum absolute atomic E-state index is 10.8. The van der Waals surface area contributed by atoms with Crippen molar-refractivity contribution in [1.29, 1.82) is 0 Å². The molecule has 0 amide bonds. The van der Waals surface area contributed by atoms with Gasteiger partial charge in [-0.05, 0) is 36.7 Å². The number of non-ortho nitro benzene ring substituents is 1. The summed E-state index contributed by atoms with van der Waals surface area (Å²) in [5.74, 6) is 0. The Hall–Kier alpha value is -1.64. The molecule has 0 atom stereocenters. The van der Waals surface area contributed by atoms with E-state index in [2.05, 4.69) is 6.58 Å². The predicted octanol–water partition coefficient (Wildman–Crippen LogP) is 3.59. The van der Waals surface area contributed by atoms with Gasteiger partial charge in [0.15, 0.2) is 0 Å². The Kier molecular flexibility index (Phi) is 1.97. The molecule has 2 saturated carbocycles. The summed E-state index contributed by atoms with van der Waals surface area (Å²) in [6, 6.07) is 7.02. The third kappa shape index (κ3) is 1.49. The van der Waals surface area contributed by atoms with Gasteiger partial charge in [0.05, 0.1) is 4.92 Å². The summed E-state index contributed by atoms with van der Waals surface area (Å²) in [7, 11) is 0. The van der Waals surface area contributed by atoms with Gasteiger partial charge < -0.3 is 0 Å². The average molecular weight is 229 g/mol. The molecule has 0 heterocycles. The first-order chi connectivity index (χ1) is 8.09. The van der Waals surface area contributed by atoms with Crippen molar-refractivity contribution in [3.63, 3.8) is 0 Å². The van der Waals surface area contributed by atoms with Gasteiger partial charge in [0, 0.05) is 17.5 Å². The van der Waals surface area contributed by atoms with Crippen LogP contribution in [0, 0.1) is 15.5 Å². The van der Waals surface area contributed by atoms with Crippen LogP contribution in [0.1, 0.15) is 31.2 Å². The number of hydrogen-bond donors (Lipinski definition) is 0. The second-order valence-corrected chi connectivity index (χ2v) is 5.52. The van der Waals surface area contributed by atoms with Gasteiger partial charge in [-0.15, -0.1) is 6.58 Å². The number of allylic oxidation sites excluding steroid dienone is 1. The molecule has 3 rings (SSSR count). The summed E-state index contributed by atoms with van der Waals surface area (Å²) >= 11 is 0. The van der Waals surface area contributed by atoms with Crippen molar-refractivity contribution in [2.24, 2.45) is 5.41 Å². The number of rotatable bonds is 3. The van der Waals surface area contributed by atoms with Crippen LogP contribution in [0.25, 0.3) is 0 Å². The summed E-state index contributed by atoms with van der Waals surface area (Å²) in [5.41, 5.74) is 1.78. The molecule has 0 unspecified atom stereocenters. The monoisotopic (exact) mass is 229 g/mol. The van der Waals surface area contributed by atoms with Crippen molar-refractivity contribution in [3.8, 4) is 0 Å². The van der Waals surface area contributed by atoms with E-state index < -0.39 is 0 Å². The average Bonchev–Trinajstić information content (AvgIpc) is 3.06. The van der Waals surface area contributed by atoms with Gasteiger partial charge in [0.1, 0.15) is 0 Å². The molecule has 2 aliphatic carbocycles. The lowest BCUT2D eigenvalue weighted by Crippen LogP contribution is -2.40. The van der Waals surface area contributed by atoms with Gasteiger partial charge in [0.25, 0.3) is 5.69 Å². The number of benzene rings is 1. The molecule has 0 aromatic heterocycles. The van der Waals surface area contributed by atoms with Crippen LogP contribution in [0.5, 0.6) is 0 Å². The van der Waals surface area contributed by atoms with Gasteiger partial charge in [0.2, 0.25) is 0 Å². The van der Waals surface area contributed by atoms with Gasteiger partial charge >= 0.3 is 0 Å². The zero-order valence-electron chi connectivity index (χ0n) is 9.69. The normalized spacial score (nSPS) is 22.8. The van der Waals surface area contributed by atoms with Crippen molar-refractivity contribution in [3.05, 3.63) is 52.6 Å². The Morgan fingerprint density at radius 2 is 2.06 bits per heavy atom. The van der Waals surface area contributed by atoms with Gasteiger partial charge in [-0.3, -0.25) is 10.1 Å². The van der Waals surface area contributed by atoms with E-state index in [9.17, 15) is 10.1 Å². The fourth-order valence-corrected chi connectivity index (χ4v) is 3.21. The highest BCUT2D eigenvalue weighted by Crippen LogP contribution is 2.69. The first-order valence-corrected chi connectivity index (χ1v) is 5.98. The summed E-state index contributed by atoms with van der Waals surface area (Å²) < 4.78 is 0. The van der Waals surface area contributed by atoms with Gasteiger partial charge in [-0.2, -0.15) is 0 Å². The largest absolute Gasteiger partial charge is 0.269 e. The lowest BCUT2D eigenvalue weighted by molar-refractivity contribution is -0.385. The quantitative estimate of drug-likeness (QED) is 0.451. The van der Waals surface area contributed by atoms with Crippen LogP contribution in [-0.4, -0.2) is 4.92 Å². The van der Waals surface area contributed by atoms with Crippen LogP contribution in [0.2, 0.25) is 0 Å². The molecule has 2 aliphatic rings. The number of nitro benzene ring substituents is 1. The zero-order chi connectivity index (χ0) is 12.1. The molecule has 88 valence electrons. The highest BCUT2D eigenvalue weighted by molar-refractivity contribution is 5.44. The van der Waals surface area contributed by atoms with E-state index in [1.807, 2.05) is 12.1 Å². The number of nitrogens with zero attached hydrogens (tertiary/aromatic N) is 1. The smallest absolute Gasteiger partial charge is 0.258 e. The molecular formula is C14H15NO2. The van der Waals surface area contributed by atoms with Crippen LogP contribution in [-0.2, 0) is 5.41 Å². The first kappa shape index (κ1) is 10.5. The zero-order valence-corrected chi connectivity index (χ0v) is 9.69. The second kappa shape index (κ2) is 3.19. The Bertz CT molecular complexity index is 495. The van der Waals surface area contributed by atoms with E-state index in [1.54, 1.807) is 18.2 Å². The SMILES string of the molecule is C=CC1(c2cccc([N+](=O)[O-])c2)CC2(CC2)C1. The third-order valence-electron chi connectivity index (χ3n) is 4.36. The molecule has 1 spiro atoms. The van der Waals surface area contributed by atoms with Crippen molar-refractivity contribution < 1.29 is 4.92 Å². The Balaban J connectivity index is 1.94. The minimum absolute atomic E-state index is 0.0114. The van der Waals surface area contributed by atoms with Crippen LogP contribution in [0.4, 0.5) is 5.69 Å². The molecule has 3 nitrogen and oxygen atoms in total. The van der Waals surface area contributed by atoms with E-state index in [0.29, 0.717) is 5.41 Å². The van der Waals surface area contributed by atoms with E-state index in [-0.39, 0.29) is 16.0 Å². The van der Waals surface area contributed by atoms with Crippen LogP contribution in [0.15, 0.2) is 36.9 Å². The summed E-state index contributed by atoms with van der Waals surface area (Å²) in [5, 5.41) is 10.8. The second-order valence-electron chi connectivity index (χ2n) is 5.52. The minimum atomic E-state index is -0.328. The maximum Gasteiger partial charge on any atom is 0.269 e. The number of nitro groups is 1. The fourth-order valence-electron chi connectivity index (χ4n) is 3.21. The summed E-state index contributed by atoms with van der Waals surface area (Å²) in [6.07, 6.45) is 6.85. The number of hydrogen-bond acceptors (Lipinski definition) is 2. The first-order valence-electron chi connectivity index (χ1n) is 5.98. The molecule has 0 radical (unpaired) electrons. The van der Waals surface area contributed by atoms with Gasteiger partial charge in [-0.25, -0.2) is 0 Å². The van der Waals surface area contributed by atoms with Crippen LogP contribution >= 0.6 is 0 Å². The highest BCUT2D eigenvalue weighted by atomic mass is 16.6. The Morgan fingerprint density at radius 3 is 2.59 bits per heavy atom. The molecule has 1 aromatic rings. The fraction of sp³-hybridized carbons (Fsp3) is 0.429. The van der Waals surface area contributed by atoms with E-state index >= 15 is 0 Å². The van der Waals surface area contributed by atoms with Crippen LogP contribution < -0.4 is 0 Å². The van der Waals surface area contributed by atoms with Crippen molar-refractivity contribution in [2.45, 2.75) is 31.1 Å². The standard InChI is InChI=1S/C14H15NO2/c1-2-14(9-13(10-14)6-7-13)11-4-3-5-12(8-11)15(16)17/h2-5,8H,1,6-7,9-10H2. The molecule has 0 N–H and O–H groups in total. The topological polar surface area (TPSA) is 43.1 Å². The Morgan fingerprint density at radius 1 is 1.35 bits per heavy atom. The van der Waals surface area contributed by atoms with Crippen molar-refractivity contribution >= 4 is 5.69 Å². The summed E-state index contributed by atoms with van der Waals surface area (Å²) in [4.78, 5) is 10.5. The molecular weight excluding hydrogens is 214 g/mol.